The van der Waals surface area contributed by atoms with Crippen LogP contribution in [0.4, 0.5) is 0 Å². The van der Waals surface area contributed by atoms with Crippen molar-refractivity contribution < 1.29 is 10.2 Å². The molecule has 0 aliphatic heterocycles. The van der Waals surface area contributed by atoms with Crippen LogP contribution in [0.25, 0.3) is 0 Å². The van der Waals surface area contributed by atoms with Crippen molar-refractivity contribution >= 4 is 0 Å². The maximum atomic E-state index is 10.3. The highest BCUT2D eigenvalue weighted by atomic mass is 16.3. The molecule has 21 heavy (non-hydrogen) atoms. The Morgan fingerprint density at radius 1 is 1.00 bits per heavy atom. The third-order valence-corrected chi connectivity index (χ3v) is 5.32. The highest BCUT2D eigenvalue weighted by Gasteiger charge is 2.43. The van der Waals surface area contributed by atoms with Crippen LogP contribution >= 0.6 is 0 Å². The van der Waals surface area contributed by atoms with Gasteiger partial charge in [0.05, 0.1) is 0 Å². The van der Waals surface area contributed by atoms with Gasteiger partial charge in [-0.25, -0.2) is 0 Å². The first-order valence-electron chi connectivity index (χ1n) is 7.81. The summed E-state index contributed by atoms with van der Waals surface area (Å²) in [6, 6.07) is 13.5. The van der Waals surface area contributed by atoms with Crippen LogP contribution in [-0.2, 0) is 12.8 Å². The molecule has 2 aliphatic carbocycles. The lowest BCUT2D eigenvalue weighted by atomic mass is 9.84. The van der Waals surface area contributed by atoms with Gasteiger partial charge in [-0.1, -0.05) is 24.3 Å². The van der Waals surface area contributed by atoms with E-state index in [9.17, 15) is 10.2 Å². The molecule has 0 spiro atoms. The fraction of sp³-hybridized carbons (Fsp3) is 0.368. The fourth-order valence-electron chi connectivity index (χ4n) is 4.53. The van der Waals surface area contributed by atoms with E-state index < -0.39 is 0 Å². The number of fused-ring (bicyclic) bond motifs is 3. The zero-order valence-electron chi connectivity index (χ0n) is 12.0. The molecule has 2 unspecified atom stereocenters. The summed E-state index contributed by atoms with van der Waals surface area (Å²) in [6.07, 6.45) is 4.58. The average Bonchev–Trinajstić information content (AvgIpc) is 2.99. The smallest absolute Gasteiger partial charge is 0.119 e. The molecule has 2 aromatic carbocycles. The van der Waals surface area contributed by atoms with Crippen LogP contribution in [0, 0.1) is 11.8 Å². The summed E-state index contributed by atoms with van der Waals surface area (Å²) in [6.45, 7) is 0. The normalized spacial score (nSPS) is 26.6. The minimum absolute atomic E-state index is 0.344. The van der Waals surface area contributed by atoms with E-state index in [-0.39, 0.29) is 0 Å². The molecule has 2 aliphatic rings. The van der Waals surface area contributed by atoms with Gasteiger partial charge in [-0.3, -0.25) is 0 Å². The van der Waals surface area contributed by atoms with Crippen LogP contribution in [0.15, 0.2) is 42.5 Å². The van der Waals surface area contributed by atoms with Gasteiger partial charge in [0.2, 0.25) is 0 Å². The Bertz CT molecular complexity index is 677. The number of hydrogen-bond acceptors (Lipinski definition) is 2. The van der Waals surface area contributed by atoms with Crippen molar-refractivity contribution in [2.45, 2.75) is 31.6 Å². The van der Waals surface area contributed by atoms with E-state index in [1.807, 2.05) is 24.3 Å². The third-order valence-electron chi connectivity index (χ3n) is 5.32. The minimum Gasteiger partial charge on any atom is -0.508 e. The largest absolute Gasteiger partial charge is 0.508 e. The fourth-order valence-corrected chi connectivity index (χ4v) is 4.53. The van der Waals surface area contributed by atoms with Crippen LogP contribution in [0.5, 0.6) is 11.5 Å². The third kappa shape index (κ3) is 2.10. The molecule has 0 aromatic heterocycles. The highest BCUT2D eigenvalue weighted by Crippen LogP contribution is 2.54. The first kappa shape index (κ1) is 12.8. The lowest BCUT2D eigenvalue weighted by molar-refractivity contribution is 0.410. The summed E-state index contributed by atoms with van der Waals surface area (Å²) in [5, 5.41) is 19.9. The molecule has 2 N–H and O–H groups in total. The predicted molar refractivity (Wildman–Crippen MR) is 82.6 cm³/mol. The second kappa shape index (κ2) is 4.80. The zero-order valence-corrected chi connectivity index (χ0v) is 12.0. The van der Waals surface area contributed by atoms with Gasteiger partial charge in [-0.05, 0) is 72.8 Å². The minimum atomic E-state index is 0.344. The summed E-state index contributed by atoms with van der Waals surface area (Å²) in [7, 11) is 0. The maximum absolute atomic E-state index is 10.3. The molecular formula is C19H20O2. The topological polar surface area (TPSA) is 40.5 Å². The summed E-state index contributed by atoms with van der Waals surface area (Å²) in [5.74, 6) is 2.57. The maximum Gasteiger partial charge on any atom is 0.119 e. The van der Waals surface area contributed by atoms with Crippen LogP contribution < -0.4 is 0 Å². The van der Waals surface area contributed by atoms with Crippen LogP contribution in [0.1, 0.15) is 35.4 Å². The molecule has 2 heteroatoms. The van der Waals surface area contributed by atoms with Crippen molar-refractivity contribution in [3.8, 4) is 11.5 Å². The van der Waals surface area contributed by atoms with E-state index in [1.54, 1.807) is 6.07 Å². The second-order valence-corrected chi connectivity index (χ2v) is 6.55. The van der Waals surface area contributed by atoms with Crippen LogP contribution in [0.3, 0.4) is 0 Å². The zero-order chi connectivity index (χ0) is 14.4. The standard InChI is InChI=1S/C19H20O2/c20-16-5-1-3-12(10-16)9-14-7-8-15-11-13-4-2-6-17(21)19(13)18(14)15/h1-6,10,14-15,18,20-21H,7-9,11H2/t14-,15?,18?/m1/s1. The van der Waals surface area contributed by atoms with Gasteiger partial charge in [0.25, 0.3) is 0 Å². The van der Waals surface area contributed by atoms with Gasteiger partial charge < -0.3 is 10.2 Å². The van der Waals surface area contributed by atoms with Crippen molar-refractivity contribution in [3.05, 3.63) is 59.2 Å². The summed E-state index contributed by atoms with van der Waals surface area (Å²) < 4.78 is 0. The number of phenolic OH excluding ortho intramolecular Hbond substituents is 2. The number of hydrogen-bond donors (Lipinski definition) is 2. The van der Waals surface area contributed by atoms with E-state index in [0.29, 0.717) is 29.3 Å². The first-order chi connectivity index (χ1) is 10.2. The lowest BCUT2D eigenvalue weighted by Crippen LogP contribution is -2.11. The Kier molecular flexibility index (Phi) is 2.91. The van der Waals surface area contributed by atoms with Crippen molar-refractivity contribution in [1.82, 2.24) is 0 Å². The van der Waals surface area contributed by atoms with Gasteiger partial charge in [0.1, 0.15) is 11.5 Å². The summed E-state index contributed by atoms with van der Waals surface area (Å²) in [4.78, 5) is 0. The quantitative estimate of drug-likeness (QED) is 0.872. The Morgan fingerprint density at radius 2 is 1.86 bits per heavy atom. The van der Waals surface area contributed by atoms with Crippen molar-refractivity contribution in [1.29, 1.82) is 0 Å². The molecule has 4 rings (SSSR count). The van der Waals surface area contributed by atoms with Crippen molar-refractivity contribution in [3.63, 3.8) is 0 Å². The van der Waals surface area contributed by atoms with Gasteiger partial charge in [-0.2, -0.15) is 0 Å². The predicted octanol–water partition coefficient (Wildman–Crippen LogP) is 4.01. The van der Waals surface area contributed by atoms with Gasteiger partial charge in [-0.15, -0.1) is 0 Å². The monoisotopic (exact) mass is 280 g/mol. The molecule has 0 saturated heterocycles. The Hall–Kier alpha value is -1.96. The molecule has 2 aromatic rings. The number of phenols is 2. The van der Waals surface area contributed by atoms with Crippen molar-refractivity contribution in [2.75, 3.05) is 0 Å². The Labute approximate surface area is 125 Å². The Balaban J connectivity index is 1.65. The Morgan fingerprint density at radius 3 is 2.71 bits per heavy atom. The van der Waals surface area contributed by atoms with E-state index >= 15 is 0 Å². The van der Waals surface area contributed by atoms with E-state index in [2.05, 4.69) is 12.1 Å². The van der Waals surface area contributed by atoms with E-state index in [0.717, 1.165) is 12.8 Å². The second-order valence-electron chi connectivity index (χ2n) is 6.55. The first-order valence-corrected chi connectivity index (χ1v) is 7.81. The molecule has 3 atom stereocenters. The molecule has 1 saturated carbocycles. The van der Waals surface area contributed by atoms with Gasteiger partial charge >= 0.3 is 0 Å². The molecule has 0 heterocycles. The number of benzene rings is 2. The van der Waals surface area contributed by atoms with E-state index in [1.165, 1.54) is 29.5 Å². The summed E-state index contributed by atoms with van der Waals surface area (Å²) in [5.41, 5.74) is 3.74. The number of rotatable bonds is 2. The molecule has 2 nitrogen and oxygen atoms in total. The molecule has 108 valence electrons. The SMILES string of the molecule is Oc1cccc(C[C@H]2CCC3Cc4cccc(O)c4C32)c1. The highest BCUT2D eigenvalue weighted by molar-refractivity contribution is 5.47. The van der Waals surface area contributed by atoms with Gasteiger partial charge in [0, 0.05) is 5.56 Å². The van der Waals surface area contributed by atoms with E-state index in [4.69, 9.17) is 0 Å². The molecule has 0 radical (unpaired) electrons. The summed E-state index contributed by atoms with van der Waals surface area (Å²) >= 11 is 0. The van der Waals surface area contributed by atoms with Crippen molar-refractivity contribution in [2.24, 2.45) is 11.8 Å². The molecule has 0 bridgehead atoms. The average molecular weight is 280 g/mol. The van der Waals surface area contributed by atoms with Gasteiger partial charge in [0.15, 0.2) is 0 Å². The lowest BCUT2D eigenvalue weighted by Gasteiger charge is -2.21. The number of aromatic hydroxyl groups is 2. The molecule has 0 amide bonds. The van der Waals surface area contributed by atoms with Crippen LogP contribution in [0.2, 0.25) is 0 Å². The molecular weight excluding hydrogens is 260 g/mol. The van der Waals surface area contributed by atoms with Crippen LogP contribution in [-0.4, -0.2) is 10.2 Å². The molecule has 1 fully saturated rings.